The van der Waals surface area contributed by atoms with Gasteiger partial charge in [0.15, 0.2) is 0 Å². The number of unbranched alkanes of at least 4 members (excludes halogenated alkanes) is 1. The van der Waals surface area contributed by atoms with Gasteiger partial charge in [0.1, 0.15) is 0 Å². The maximum Gasteiger partial charge on any atom is 0.0679 e. The van der Waals surface area contributed by atoms with Gasteiger partial charge >= 0.3 is 0 Å². The van der Waals surface area contributed by atoms with Crippen molar-refractivity contribution in [3.05, 3.63) is 0 Å². The van der Waals surface area contributed by atoms with Crippen LogP contribution in [-0.4, -0.2) is 32.1 Å². The van der Waals surface area contributed by atoms with Crippen LogP contribution in [0.4, 0.5) is 0 Å². The molecule has 0 fully saturated rings. The molecular weight excluding hydrogens is 116 g/mol. The molecule has 0 heterocycles. The molecule has 0 saturated carbocycles. The maximum atomic E-state index is 4.83. The quantitative estimate of drug-likeness (QED) is 0.429. The SMILES string of the molecule is CN(C)CCCCON. The molecular formula is C6H16N2O. The maximum absolute atomic E-state index is 4.83. The summed E-state index contributed by atoms with van der Waals surface area (Å²) in [6.45, 7) is 1.79. The standard InChI is InChI=1S/C6H16N2O/c1-8(2)5-3-4-6-9-7/h3-7H2,1-2H3. The Kier molecular flexibility index (Phi) is 5.93. The number of hydrogen-bond donors (Lipinski definition) is 1. The molecule has 0 spiro atoms. The lowest BCUT2D eigenvalue weighted by atomic mass is 10.3. The minimum absolute atomic E-state index is 0.674. The van der Waals surface area contributed by atoms with E-state index in [-0.39, 0.29) is 0 Å². The first-order valence-corrected chi connectivity index (χ1v) is 3.24. The Morgan fingerprint density at radius 2 is 2.00 bits per heavy atom. The molecule has 2 N–H and O–H groups in total. The molecule has 0 atom stereocenters. The zero-order valence-electron chi connectivity index (χ0n) is 6.26. The van der Waals surface area contributed by atoms with E-state index in [1.54, 1.807) is 0 Å². The van der Waals surface area contributed by atoms with Gasteiger partial charge in [-0.3, -0.25) is 0 Å². The van der Waals surface area contributed by atoms with Crippen molar-refractivity contribution in [1.82, 2.24) is 4.90 Å². The third-order valence-electron chi connectivity index (χ3n) is 1.12. The molecule has 0 aromatic rings. The fraction of sp³-hybridized carbons (Fsp3) is 1.00. The highest BCUT2D eigenvalue weighted by Gasteiger charge is 1.88. The Balaban J connectivity index is 2.75. The Morgan fingerprint density at radius 3 is 2.44 bits per heavy atom. The topological polar surface area (TPSA) is 38.5 Å². The fourth-order valence-electron chi connectivity index (χ4n) is 0.613. The van der Waals surface area contributed by atoms with E-state index in [4.69, 9.17) is 5.90 Å². The van der Waals surface area contributed by atoms with Crippen LogP contribution in [0.15, 0.2) is 0 Å². The number of hydrogen-bond acceptors (Lipinski definition) is 3. The van der Waals surface area contributed by atoms with Crippen LogP contribution >= 0.6 is 0 Å². The summed E-state index contributed by atoms with van der Waals surface area (Å²) < 4.78 is 0. The highest BCUT2D eigenvalue weighted by molar-refractivity contribution is 4.43. The van der Waals surface area contributed by atoms with Gasteiger partial charge in [0.2, 0.25) is 0 Å². The summed E-state index contributed by atoms with van der Waals surface area (Å²) in [4.78, 5) is 6.55. The molecule has 0 aliphatic heterocycles. The zero-order valence-corrected chi connectivity index (χ0v) is 6.26. The van der Waals surface area contributed by atoms with Crippen molar-refractivity contribution in [2.75, 3.05) is 27.2 Å². The van der Waals surface area contributed by atoms with Gasteiger partial charge in [0.25, 0.3) is 0 Å². The second kappa shape index (κ2) is 6.01. The molecule has 0 aromatic heterocycles. The summed E-state index contributed by atoms with van der Waals surface area (Å²) in [5.41, 5.74) is 0. The van der Waals surface area contributed by atoms with Gasteiger partial charge in [-0.05, 0) is 33.5 Å². The van der Waals surface area contributed by atoms with Crippen LogP contribution in [0.25, 0.3) is 0 Å². The first kappa shape index (κ1) is 8.88. The van der Waals surface area contributed by atoms with Crippen LogP contribution in [0.1, 0.15) is 12.8 Å². The predicted octanol–water partition coefficient (Wildman–Crippen LogP) is 0.219. The average Bonchev–Trinajstić information content (AvgIpc) is 1.80. The summed E-state index contributed by atoms with van der Waals surface area (Å²) in [5.74, 6) is 4.83. The van der Waals surface area contributed by atoms with Gasteiger partial charge < -0.3 is 9.74 Å². The Labute approximate surface area is 56.7 Å². The van der Waals surface area contributed by atoms with E-state index in [2.05, 4.69) is 23.8 Å². The van der Waals surface area contributed by atoms with E-state index in [0.717, 1.165) is 19.4 Å². The lowest BCUT2D eigenvalue weighted by Gasteiger charge is -2.07. The largest absolute Gasteiger partial charge is 0.309 e. The zero-order chi connectivity index (χ0) is 7.11. The van der Waals surface area contributed by atoms with Crippen molar-refractivity contribution >= 4 is 0 Å². The van der Waals surface area contributed by atoms with Crippen LogP contribution < -0.4 is 5.90 Å². The lowest BCUT2D eigenvalue weighted by Crippen LogP contribution is -2.13. The van der Waals surface area contributed by atoms with E-state index in [0.29, 0.717) is 6.61 Å². The van der Waals surface area contributed by atoms with E-state index in [9.17, 15) is 0 Å². The first-order valence-electron chi connectivity index (χ1n) is 3.24. The number of rotatable bonds is 5. The molecule has 0 aromatic carbocycles. The van der Waals surface area contributed by atoms with Gasteiger partial charge in [0.05, 0.1) is 6.61 Å². The van der Waals surface area contributed by atoms with Crippen LogP contribution in [0.5, 0.6) is 0 Å². The third-order valence-corrected chi connectivity index (χ3v) is 1.12. The molecule has 3 nitrogen and oxygen atoms in total. The fourth-order valence-corrected chi connectivity index (χ4v) is 0.613. The van der Waals surface area contributed by atoms with Crippen LogP contribution in [0.2, 0.25) is 0 Å². The molecule has 3 heteroatoms. The molecule has 0 saturated heterocycles. The van der Waals surface area contributed by atoms with Crippen LogP contribution in [0.3, 0.4) is 0 Å². The van der Waals surface area contributed by atoms with Gasteiger partial charge in [-0.25, -0.2) is 5.90 Å². The van der Waals surface area contributed by atoms with Gasteiger partial charge in [0, 0.05) is 0 Å². The molecule has 0 aliphatic carbocycles. The number of nitrogens with two attached hydrogens (primary N) is 1. The summed E-state index contributed by atoms with van der Waals surface area (Å²) in [6.07, 6.45) is 2.21. The van der Waals surface area contributed by atoms with E-state index < -0.39 is 0 Å². The molecule has 0 bridgehead atoms. The molecule has 0 rings (SSSR count). The first-order chi connectivity index (χ1) is 4.27. The highest BCUT2D eigenvalue weighted by Crippen LogP contribution is 1.88. The lowest BCUT2D eigenvalue weighted by molar-refractivity contribution is 0.132. The van der Waals surface area contributed by atoms with E-state index in [1.807, 2.05) is 0 Å². The summed E-state index contributed by atoms with van der Waals surface area (Å²) in [6, 6.07) is 0. The monoisotopic (exact) mass is 132 g/mol. The molecule has 0 unspecified atom stereocenters. The van der Waals surface area contributed by atoms with Crippen LogP contribution in [0, 0.1) is 0 Å². The van der Waals surface area contributed by atoms with E-state index >= 15 is 0 Å². The summed E-state index contributed by atoms with van der Waals surface area (Å²) >= 11 is 0. The second-order valence-electron chi connectivity index (χ2n) is 2.38. The summed E-state index contributed by atoms with van der Waals surface area (Å²) in [5, 5.41) is 0. The second-order valence-corrected chi connectivity index (χ2v) is 2.38. The van der Waals surface area contributed by atoms with Crippen molar-refractivity contribution in [3.63, 3.8) is 0 Å². The Bertz CT molecular complexity index is 57.0. The molecule has 9 heavy (non-hydrogen) atoms. The molecule has 56 valence electrons. The van der Waals surface area contributed by atoms with Crippen molar-refractivity contribution < 1.29 is 4.84 Å². The van der Waals surface area contributed by atoms with Gasteiger partial charge in [-0.15, -0.1) is 0 Å². The smallest absolute Gasteiger partial charge is 0.0679 e. The predicted molar refractivity (Wildman–Crippen MR) is 37.9 cm³/mol. The van der Waals surface area contributed by atoms with Gasteiger partial charge in [-0.2, -0.15) is 0 Å². The minimum atomic E-state index is 0.674. The highest BCUT2D eigenvalue weighted by atomic mass is 16.6. The Hall–Kier alpha value is -0.120. The van der Waals surface area contributed by atoms with Crippen molar-refractivity contribution in [2.24, 2.45) is 5.90 Å². The summed E-state index contributed by atoms with van der Waals surface area (Å²) in [7, 11) is 4.12. The Morgan fingerprint density at radius 1 is 1.33 bits per heavy atom. The molecule has 0 aliphatic rings. The normalized spacial score (nSPS) is 10.7. The van der Waals surface area contributed by atoms with Crippen molar-refractivity contribution in [2.45, 2.75) is 12.8 Å². The number of nitrogens with zero attached hydrogens (tertiary/aromatic N) is 1. The van der Waals surface area contributed by atoms with E-state index in [1.165, 1.54) is 0 Å². The third kappa shape index (κ3) is 7.88. The molecule has 0 amide bonds. The molecule has 0 radical (unpaired) electrons. The van der Waals surface area contributed by atoms with Gasteiger partial charge in [-0.1, -0.05) is 0 Å². The van der Waals surface area contributed by atoms with Crippen molar-refractivity contribution in [1.29, 1.82) is 0 Å². The average molecular weight is 132 g/mol. The van der Waals surface area contributed by atoms with Crippen LogP contribution in [-0.2, 0) is 4.84 Å². The van der Waals surface area contributed by atoms with Crippen molar-refractivity contribution in [3.8, 4) is 0 Å². The minimum Gasteiger partial charge on any atom is -0.309 e.